The maximum Gasteiger partial charge on any atom is 0.276 e. The molecule has 0 spiro atoms. The highest BCUT2D eigenvalue weighted by Gasteiger charge is 2.06. The third kappa shape index (κ3) is 6.00. The van der Waals surface area contributed by atoms with E-state index in [4.69, 9.17) is 9.47 Å². The third-order valence-electron chi connectivity index (χ3n) is 3.06. The van der Waals surface area contributed by atoms with Crippen LogP contribution in [0.1, 0.15) is 11.1 Å². The van der Waals surface area contributed by atoms with Crippen molar-refractivity contribution in [2.75, 3.05) is 13.2 Å². The molecule has 2 aromatic carbocycles. The number of amides is 2. The molecule has 0 unspecified atom stereocenters. The summed E-state index contributed by atoms with van der Waals surface area (Å²) in [5.41, 5.74) is 6.62. The average Bonchev–Trinajstić information content (AvgIpc) is 2.56. The Morgan fingerprint density at radius 1 is 0.792 bits per heavy atom. The van der Waals surface area contributed by atoms with Crippen LogP contribution in [0.25, 0.3) is 0 Å². The number of carbonyl (C=O) groups excluding carboxylic acids is 2. The molecule has 6 nitrogen and oxygen atoms in total. The topological polar surface area (TPSA) is 76.7 Å². The van der Waals surface area contributed by atoms with Crippen LogP contribution in [0.2, 0.25) is 0 Å². The predicted molar refractivity (Wildman–Crippen MR) is 89.6 cm³/mol. The standard InChI is InChI=1S/C18H20N2O4/c1-13-5-3-7-15(9-13)23-11-17(21)19-20-18(22)12-24-16-8-4-6-14(2)10-16/h3-10H,11-12H2,1-2H3,(H,19,21)(H,20,22). The fourth-order valence-electron chi connectivity index (χ4n) is 1.92. The van der Waals surface area contributed by atoms with Crippen LogP contribution in [-0.4, -0.2) is 25.0 Å². The molecular formula is C18H20N2O4. The van der Waals surface area contributed by atoms with Crippen LogP contribution in [0.15, 0.2) is 48.5 Å². The Hall–Kier alpha value is -3.02. The number of aryl methyl sites for hydroxylation is 2. The largest absolute Gasteiger partial charge is 0.484 e. The van der Waals surface area contributed by atoms with E-state index < -0.39 is 11.8 Å². The van der Waals surface area contributed by atoms with Crippen molar-refractivity contribution in [2.24, 2.45) is 0 Å². The first-order valence-corrected chi connectivity index (χ1v) is 7.49. The zero-order valence-electron chi connectivity index (χ0n) is 13.7. The van der Waals surface area contributed by atoms with E-state index in [1.54, 1.807) is 12.1 Å². The molecule has 0 aliphatic carbocycles. The number of benzene rings is 2. The molecule has 0 aromatic heterocycles. The molecule has 126 valence electrons. The zero-order valence-corrected chi connectivity index (χ0v) is 13.7. The van der Waals surface area contributed by atoms with Gasteiger partial charge in [0, 0.05) is 0 Å². The van der Waals surface area contributed by atoms with Gasteiger partial charge in [-0.1, -0.05) is 24.3 Å². The van der Waals surface area contributed by atoms with Gasteiger partial charge in [0.05, 0.1) is 0 Å². The van der Waals surface area contributed by atoms with Gasteiger partial charge in [0.25, 0.3) is 11.8 Å². The highest BCUT2D eigenvalue weighted by atomic mass is 16.5. The number of nitrogens with one attached hydrogen (secondary N) is 2. The molecule has 0 atom stereocenters. The molecule has 6 heteroatoms. The van der Waals surface area contributed by atoms with Crippen molar-refractivity contribution in [3.63, 3.8) is 0 Å². The van der Waals surface area contributed by atoms with Crippen molar-refractivity contribution >= 4 is 11.8 Å². The minimum absolute atomic E-state index is 0.192. The molecule has 2 N–H and O–H groups in total. The lowest BCUT2D eigenvalue weighted by atomic mass is 10.2. The average molecular weight is 328 g/mol. The molecule has 0 heterocycles. The summed E-state index contributed by atoms with van der Waals surface area (Å²) in [4.78, 5) is 23.3. The molecule has 0 radical (unpaired) electrons. The van der Waals surface area contributed by atoms with Crippen molar-refractivity contribution in [1.29, 1.82) is 0 Å². The SMILES string of the molecule is Cc1cccc(OCC(=O)NNC(=O)COc2cccc(C)c2)c1. The van der Waals surface area contributed by atoms with E-state index in [0.29, 0.717) is 11.5 Å². The van der Waals surface area contributed by atoms with Gasteiger partial charge < -0.3 is 9.47 Å². The van der Waals surface area contributed by atoms with Crippen LogP contribution in [-0.2, 0) is 9.59 Å². The van der Waals surface area contributed by atoms with Gasteiger partial charge in [0.1, 0.15) is 11.5 Å². The van der Waals surface area contributed by atoms with Crippen molar-refractivity contribution in [3.05, 3.63) is 59.7 Å². The van der Waals surface area contributed by atoms with Crippen molar-refractivity contribution < 1.29 is 19.1 Å². The van der Waals surface area contributed by atoms with Crippen LogP contribution in [0.3, 0.4) is 0 Å². The van der Waals surface area contributed by atoms with E-state index in [-0.39, 0.29) is 13.2 Å². The fraction of sp³-hybridized carbons (Fsp3) is 0.222. The summed E-state index contributed by atoms with van der Waals surface area (Å²) in [5.74, 6) is 0.277. The molecule has 0 bridgehead atoms. The second kappa shape index (κ2) is 8.57. The van der Waals surface area contributed by atoms with Crippen molar-refractivity contribution in [2.45, 2.75) is 13.8 Å². The molecule has 0 aliphatic rings. The minimum Gasteiger partial charge on any atom is -0.484 e. The van der Waals surface area contributed by atoms with E-state index in [1.165, 1.54) is 0 Å². The summed E-state index contributed by atoms with van der Waals surface area (Å²) in [7, 11) is 0. The first kappa shape index (κ1) is 17.3. The van der Waals surface area contributed by atoms with Gasteiger partial charge in [-0.3, -0.25) is 20.4 Å². The summed E-state index contributed by atoms with van der Waals surface area (Å²) < 4.78 is 10.7. The van der Waals surface area contributed by atoms with E-state index in [0.717, 1.165) is 11.1 Å². The van der Waals surface area contributed by atoms with Crippen LogP contribution in [0.4, 0.5) is 0 Å². The molecule has 0 aliphatic heterocycles. The van der Waals surface area contributed by atoms with Gasteiger partial charge in [-0.05, 0) is 49.2 Å². The maximum atomic E-state index is 11.6. The summed E-state index contributed by atoms with van der Waals surface area (Å²) in [5, 5.41) is 0. The Morgan fingerprint density at radius 2 is 1.21 bits per heavy atom. The van der Waals surface area contributed by atoms with Crippen LogP contribution >= 0.6 is 0 Å². The molecule has 2 amide bonds. The Labute approximate surface area is 140 Å². The molecule has 0 saturated heterocycles. The van der Waals surface area contributed by atoms with E-state index in [1.807, 2.05) is 50.2 Å². The Kier molecular flexibility index (Phi) is 6.19. The summed E-state index contributed by atoms with van der Waals surface area (Å²) in [6.07, 6.45) is 0. The van der Waals surface area contributed by atoms with Gasteiger partial charge in [-0.15, -0.1) is 0 Å². The van der Waals surface area contributed by atoms with Gasteiger partial charge in [0.2, 0.25) is 0 Å². The van der Waals surface area contributed by atoms with E-state index >= 15 is 0 Å². The van der Waals surface area contributed by atoms with Gasteiger partial charge in [0.15, 0.2) is 13.2 Å². The number of hydrogen-bond acceptors (Lipinski definition) is 4. The van der Waals surface area contributed by atoms with Gasteiger partial charge in [-0.2, -0.15) is 0 Å². The second-order valence-corrected chi connectivity index (χ2v) is 5.31. The van der Waals surface area contributed by atoms with Crippen molar-refractivity contribution in [1.82, 2.24) is 10.9 Å². The second-order valence-electron chi connectivity index (χ2n) is 5.31. The fourth-order valence-corrected chi connectivity index (χ4v) is 1.92. The molecule has 24 heavy (non-hydrogen) atoms. The lowest BCUT2D eigenvalue weighted by Gasteiger charge is -2.10. The first-order valence-electron chi connectivity index (χ1n) is 7.49. The lowest BCUT2D eigenvalue weighted by molar-refractivity contribution is -0.131. The molecule has 0 saturated carbocycles. The highest BCUT2D eigenvalue weighted by Crippen LogP contribution is 2.12. The predicted octanol–water partition coefficient (Wildman–Crippen LogP) is 1.91. The number of rotatable bonds is 6. The first-order chi connectivity index (χ1) is 11.5. The minimum atomic E-state index is -0.458. The van der Waals surface area contributed by atoms with E-state index in [9.17, 15) is 9.59 Å². The summed E-state index contributed by atoms with van der Waals surface area (Å²) in [6, 6.07) is 14.7. The zero-order chi connectivity index (χ0) is 17.4. The molecular weight excluding hydrogens is 308 g/mol. The Balaban J connectivity index is 1.66. The number of hydrazine groups is 1. The number of carbonyl (C=O) groups is 2. The Bertz CT molecular complexity index is 654. The number of ether oxygens (including phenoxy) is 2. The summed E-state index contributed by atoms with van der Waals surface area (Å²) >= 11 is 0. The molecule has 2 aromatic rings. The van der Waals surface area contributed by atoms with E-state index in [2.05, 4.69) is 10.9 Å². The molecule has 0 fully saturated rings. The van der Waals surface area contributed by atoms with Crippen LogP contribution < -0.4 is 20.3 Å². The Morgan fingerprint density at radius 3 is 1.58 bits per heavy atom. The third-order valence-corrected chi connectivity index (χ3v) is 3.06. The smallest absolute Gasteiger partial charge is 0.276 e. The van der Waals surface area contributed by atoms with Gasteiger partial charge in [-0.25, -0.2) is 0 Å². The molecule has 2 rings (SSSR count). The van der Waals surface area contributed by atoms with Crippen molar-refractivity contribution in [3.8, 4) is 11.5 Å². The van der Waals surface area contributed by atoms with Crippen LogP contribution in [0.5, 0.6) is 11.5 Å². The van der Waals surface area contributed by atoms with Crippen LogP contribution in [0, 0.1) is 13.8 Å². The maximum absolute atomic E-state index is 11.6. The normalized spacial score (nSPS) is 9.92. The quantitative estimate of drug-likeness (QED) is 0.794. The summed E-state index contributed by atoms with van der Waals surface area (Å²) in [6.45, 7) is 3.48. The monoisotopic (exact) mass is 328 g/mol. The lowest BCUT2D eigenvalue weighted by Crippen LogP contribution is -2.45. The highest BCUT2D eigenvalue weighted by molar-refractivity contribution is 5.83. The number of hydrogen-bond donors (Lipinski definition) is 2. The van der Waals surface area contributed by atoms with Gasteiger partial charge >= 0.3 is 0 Å².